The molecule has 0 spiro atoms. The van der Waals surface area contributed by atoms with Crippen LogP contribution in [0.2, 0.25) is 0 Å². The monoisotopic (exact) mass is 369 g/mol. The maximum atomic E-state index is 12.5. The van der Waals surface area contributed by atoms with Crippen LogP contribution in [0.4, 0.5) is 4.79 Å². The van der Waals surface area contributed by atoms with Crippen molar-refractivity contribution >= 4 is 23.0 Å². The van der Waals surface area contributed by atoms with Crippen molar-refractivity contribution in [3.63, 3.8) is 0 Å². The number of amides is 3. The number of carbonyl (C=O) groups is 2. The molecule has 7 nitrogen and oxygen atoms in total. The standard InChI is InChI=1S/C20H27N5O2/c1-24(2)20(27)25-11-14(13-7-8-13)17(12-25)23-19(26)10-9-18-21-15-5-3-4-6-16(15)22-18/h3-6,13-14,17H,7-12H2,1-2H3,(H,21,22)(H,23,26)/t14-,17+/m1/s1. The molecule has 2 aromatic rings. The molecule has 2 atom stereocenters. The number of urea groups is 1. The molecule has 2 heterocycles. The number of imidazole rings is 1. The maximum Gasteiger partial charge on any atom is 0.319 e. The van der Waals surface area contributed by atoms with Crippen molar-refractivity contribution in [2.75, 3.05) is 27.2 Å². The second-order valence-electron chi connectivity index (χ2n) is 7.96. The molecule has 2 N–H and O–H groups in total. The molecule has 1 saturated carbocycles. The van der Waals surface area contributed by atoms with Crippen LogP contribution in [0.5, 0.6) is 0 Å². The van der Waals surface area contributed by atoms with Crippen molar-refractivity contribution in [3.05, 3.63) is 30.1 Å². The number of H-pyrrole nitrogens is 1. The van der Waals surface area contributed by atoms with Crippen LogP contribution in [0.25, 0.3) is 11.0 Å². The molecule has 2 aliphatic rings. The van der Waals surface area contributed by atoms with Gasteiger partial charge in [-0.2, -0.15) is 0 Å². The molecular formula is C20H27N5O2. The molecule has 1 saturated heterocycles. The van der Waals surface area contributed by atoms with Gasteiger partial charge in [-0.15, -0.1) is 0 Å². The predicted molar refractivity (Wildman–Crippen MR) is 103 cm³/mol. The fraction of sp³-hybridized carbons (Fsp3) is 0.550. The minimum Gasteiger partial charge on any atom is -0.351 e. The van der Waals surface area contributed by atoms with Gasteiger partial charge in [0, 0.05) is 45.9 Å². The van der Waals surface area contributed by atoms with Crippen molar-refractivity contribution in [3.8, 4) is 0 Å². The summed E-state index contributed by atoms with van der Waals surface area (Å²) in [5.74, 6) is 1.89. The number of hydrogen-bond acceptors (Lipinski definition) is 3. The van der Waals surface area contributed by atoms with Crippen LogP contribution >= 0.6 is 0 Å². The van der Waals surface area contributed by atoms with Crippen molar-refractivity contribution in [1.29, 1.82) is 0 Å². The number of aryl methyl sites for hydroxylation is 1. The van der Waals surface area contributed by atoms with E-state index < -0.39 is 0 Å². The summed E-state index contributed by atoms with van der Waals surface area (Å²) in [7, 11) is 3.54. The molecule has 0 bridgehead atoms. The first-order valence-corrected chi connectivity index (χ1v) is 9.70. The second-order valence-corrected chi connectivity index (χ2v) is 7.96. The van der Waals surface area contributed by atoms with E-state index in [0.29, 0.717) is 31.2 Å². The summed E-state index contributed by atoms with van der Waals surface area (Å²) >= 11 is 0. The van der Waals surface area contributed by atoms with Gasteiger partial charge in [0.15, 0.2) is 0 Å². The van der Waals surface area contributed by atoms with Crippen molar-refractivity contribution in [1.82, 2.24) is 25.1 Å². The van der Waals surface area contributed by atoms with E-state index in [-0.39, 0.29) is 18.0 Å². The lowest BCUT2D eigenvalue weighted by atomic mass is 9.98. The van der Waals surface area contributed by atoms with E-state index in [4.69, 9.17) is 0 Å². The summed E-state index contributed by atoms with van der Waals surface area (Å²) in [5, 5.41) is 3.19. The van der Waals surface area contributed by atoms with Gasteiger partial charge >= 0.3 is 6.03 Å². The molecule has 27 heavy (non-hydrogen) atoms. The highest BCUT2D eigenvalue weighted by Crippen LogP contribution is 2.41. The molecule has 3 amide bonds. The minimum atomic E-state index is 0.0275. The van der Waals surface area contributed by atoms with Gasteiger partial charge in [0.2, 0.25) is 5.91 Å². The maximum absolute atomic E-state index is 12.5. The SMILES string of the molecule is CN(C)C(=O)N1C[C@H](NC(=O)CCc2nc3ccccc3[nH]2)[C@@H](C2CC2)C1. The average Bonchev–Trinajstić information content (AvgIpc) is 3.27. The first kappa shape index (κ1) is 17.8. The van der Waals surface area contributed by atoms with Crippen LogP contribution in [0.3, 0.4) is 0 Å². The van der Waals surface area contributed by atoms with E-state index in [1.807, 2.05) is 29.2 Å². The molecule has 1 aromatic heterocycles. The molecule has 1 aromatic carbocycles. The highest BCUT2D eigenvalue weighted by Gasteiger charge is 2.44. The van der Waals surface area contributed by atoms with Gasteiger partial charge in [0.25, 0.3) is 0 Å². The van der Waals surface area contributed by atoms with E-state index in [9.17, 15) is 9.59 Å². The lowest BCUT2D eigenvalue weighted by Gasteiger charge is -2.21. The van der Waals surface area contributed by atoms with Crippen molar-refractivity contribution < 1.29 is 9.59 Å². The zero-order valence-corrected chi connectivity index (χ0v) is 15.9. The van der Waals surface area contributed by atoms with E-state index in [0.717, 1.165) is 23.4 Å². The molecular weight excluding hydrogens is 342 g/mol. The Morgan fingerprint density at radius 3 is 2.74 bits per heavy atom. The molecule has 2 fully saturated rings. The van der Waals surface area contributed by atoms with Gasteiger partial charge in [-0.05, 0) is 30.9 Å². The van der Waals surface area contributed by atoms with Gasteiger partial charge in [-0.25, -0.2) is 9.78 Å². The van der Waals surface area contributed by atoms with E-state index in [1.165, 1.54) is 12.8 Å². The van der Waals surface area contributed by atoms with Gasteiger partial charge in [-0.3, -0.25) is 4.79 Å². The molecule has 144 valence electrons. The number of likely N-dealkylation sites (tertiary alicyclic amines) is 1. The van der Waals surface area contributed by atoms with Crippen LogP contribution in [-0.2, 0) is 11.2 Å². The zero-order valence-electron chi connectivity index (χ0n) is 15.9. The van der Waals surface area contributed by atoms with Crippen LogP contribution in [0.15, 0.2) is 24.3 Å². The molecule has 7 heteroatoms. The molecule has 1 aliphatic heterocycles. The number of hydrogen-bond donors (Lipinski definition) is 2. The second kappa shape index (κ2) is 7.21. The highest BCUT2D eigenvalue weighted by molar-refractivity contribution is 5.78. The first-order valence-electron chi connectivity index (χ1n) is 9.70. The quantitative estimate of drug-likeness (QED) is 0.846. The Morgan fingerprint density at radius 2 is 2.04 bits per heavy atom. The topological polar surface area (TPSA) is 81.3 Å². The number of aromatic amines is 1. The Labute approximate surface area is 159 Å². The highest BCUT2D eigenvalue weighted by atomic mass is 16.2. The Morgan fingerprint density at radius 1 is 1.26 bits per heavy atom. The zero-order chi connectivity index (χ0) is 19.0. The summed E-state index contributed by atoms with van der Waals surface area (Å²) in [4.78, 5) is 36.1. The summed E-state index contributed by atoms with van der Waals surface area (Å²) in [6.45, 7) is 1.35. The van der Waals surface area contributed by atoms with E-state index >= 15 is 0 Å². The Balaban J connectivity index is 1.34. The third-order valence-electron chi connectivity index (χ3n) is 5.62. The molecule has 1 aliphatic carbocycles. The van der Waals surface area contributed by atoms with Crippen LogP contribution in [0, 0.1) is 11.8 Å². The number of benzene rings is 1. The number of para-hydroxylation sites is 2. The van der Waals surface area contributed by atoms with Crippen LogP contribution in [0.1, 0.15) is 25.1 Å². The smallest absolute Gasteiger partial charge is 0.319 e. The Hall–Kier alpha value is -2.57. The van der Waals surface area contributed by atoms with E-state index in [2.05, 4.69) is 15.3 Å². The predicted octanol–water partition coefficient (Wildman–Crippen LogP) is 2.00. The fourth-order valence-corrected chi connectivity index (χ4v) is 4.06. The Kier molecular flexibility index (Phi) is 4.76. The number of carbonyl (C=O) groups excluding carboxylic acids is 2. The third-order valence-corrected chi connectivity index (χ3v) is 5.62. The number of aromatic nitrogens is 2. The molecule has 0 unspecified atom stereocenters. The number of fused-ring (bicyclic) bond motifs is 1. The lowest BCUT2D eigenvalue weighted by molar-refractivity contribution is -0.122. The number of rotatable bonds is 5. The summed E-state index contributed by atoms with van der Waals surface area (Å²) in [5.41, 5.74) is 1.92. The molecule has 4 rings (SSSR count). The number of nitrogens with one attached hydrogen (secondary N) is 2. The summed E-state index contributed by atoms with van der Waals surface area (Å²) in [6.07, 6.45) is 3.40. The summed E-state index contributed by atoms with van der Waals surface area (Å²) < 4.78 is 0. The minimum absolute atomic E-state index is 0.0275. The largest absolute Gasteiger partial charge is 0.351 e. The van der Waals surface area contributed by atoms with Crippen LogP contribution < -0.4 is 5.32 Å². The third kappa shape index (κ3) is 3.91. The average molecular weight is 369 g/mol. The van der Waals surface area contributed by atoms with Crippen LogP contribution in [-0.4, -0.2) is 64.9 Å². The van der Waals surface area contributed by atoms with E-state index in [1.54, 1.807) is 19.0 Å². The normalized spacial score (nSPS) is 22.2. The van der Waals surface area contributed by atoms with Gasteiger partial charge in [0.1, 0.15) is 5.82 Å². The first-order chi connectivity index (χ1) is 13.0. The van der Waals surface area contributed by atoms with Crippen molar-refractivity contribution in [2.24, 2.45) is 11.8 Å². The van der Waals surface area contributed by atoms with Gasteiger partial charge in [-0.1, -0.05) is 12.1 Å². The lowest BCUT2D eigenvalue weighted by Crippen LogP contribution is -2.43. The van der Waals surface area contributed by atoms with Crippen molar-refractivity contribution in [2.45, 2.75) is 31.7 Å². The number of nitrogens with zero attached hydrogens (tertiary/aromatic N) is 3. The van der Waals surface area contributed by atoms with Gasteiger partial charge < -0.3 is 20.1 Å². The Bertz CT molecular complexity index is 809. The molecule has 0 radical (unpaired) electrons. The summed E-state index contributed by atoms with van der Waals surface area (Å²) in [6, 6.07) is 7.96. The fourth-order valence-electron chi connectivity index (χ4n) is 4.06. The van der Waals surface area contributed by atoms with Gasteiger partial charge in [0.05, 0.1) is 17.1 Å².